The van der Waals surface area contributed by atoms with Gasteiger partial charge in [0.25, 0.3) is 5.06 Å². The van der Waals surface area contributed by atoms with Crippen molar-refractivity contribution in [3.8, 4) is 10.8 Å². The Morgan fingerprint density at radius 1 is 1.45 bits per heavy atom. The van der Waals surface area contributed by atoms with Gasteiger partial charge in [-0.2, -0.15) is 0 Å². The highest BCUT2D eigenvalue weighted by atomic mass is 32.1. The zero-order chi connectivity index (χ0) is 14.7. The molecule has 1 unspecified atom stereocenters. The van der Waals surface area contributed by atoms with E-state index in [1.54, 1.807) is 24.3 Å². The summed E-state index contributed by atoms with van der Waals surface area (Å²) in [4.78, 5) is 10.9. The maximum Gasteiger partial charge on any atom is 0.323 e. The third kappa shape index (κ3) is 2.96. The highest BCUT2D eigenvalue weighted by Gasteiger charge is 2.23. The summed E-state index contributed by atoms with van der Waals surface area (Å²) in [6.45, 7) is 1.31. The van der Waals surface area contributed by atoms with Crippen molar-refractivity contribution in [3.63, 3.8) is 0 Å². The van der Waals surface area contributed by atoms with Crippen LogP contribution in [0.25, 0.3) is 0 Å². The molecule has 20 heavy (non-hydrogen) atoms. The van der Waals surface area contributed by atoms with Crippen LogP contribution in [0.15, 0.2) is 30.3 Å². The van der Waals surface area contributed by atoms with Gasteiger partial charge in [-0.1, -0.05) is 29.5 Å². The van der Waals surface area contributed by atoms with Crippen LogP contribution in [0.1, 0.15) is 23.5 Å². The molecule has 0 fully saturated rings. The van der Waals surface area contributed by atoms with Crippen LogP contribution in [0, 0.1) is 10.1 Å². The molecule has 1 aromatic heterocycles. The van der Waals surface area contributed by atoms with E-state index in [-0.39, 0.29) is 17.4 Å². The van der Waals surface area contributed by atoms with Gasteiger partial charge in [0.2, 0.25) is 0 Å². The smallest absolute Gasteiger partial charge is 0.323 e. The van der Waals surface area contributed by atoms with Crippen molar-refractivity contribution in [1.29, 1.82) is 0 Å². The van der Waals surface area contributed by atoms with Gasteiger partial charge in [-0.25, -0.2) is 0 Å². The molecular weight excluding hydrogens is 282 g/mol. The maximum absolute atomic E-state index is 11.0. The topological polar surface area (TPSA) is 92.8 Å². The third-order valence-corrected chi connectivity index (χ3v) is 3.83. The molecule has 0 saturated carbocycles. The van der Waals surface area contributed by atoms with Gasteiger partial charge in [0.05, 0.1) is 17.6 Å². The molecule has 0 aliphatic rings. The first kappa shape index (κ1) is 14.4. The summed E-state index contributed by atoms with van der Waals surface area (Å²) in [5.41, 5.74) is 0.340. The van der Waals surface area contributed by atoms with E-state index in [0.29, 0.717) is 16.2 Å². The number of nitrogens with zero attached hydrogens (tertiary/aromatic N) is 1. The summed E-state index contributed by atoms with van der Waals surface area (Å²) in [5, 5.41) is 29.8. The molecule has 1 aromatic carbocycles. The van der Waals surface area contributed by atoms with Crippen molar-refractivity contribution < 1.29 is 19.9 Å². The van der Waals surface area contributed by atoms with E-state index in [4.69, 9.17) is 4.74 Å². The monoisotopic (exact) mass is 295 g/mol. The molecule has 0 bridgehead atoms. The Bertz CT molecular complexity index is 623. The highest BCUT2D eigenvalue weighted by Crippen LogP contribution is 2.42. The quantitative estimate of drug-likeness (QED) is 0.653. The van der Waals surface area contributed by atoms with Crippen molar-refractivity contribution in [2.45, 2.75) is 19.6 Å². The molecule has 1 heterocycles. The SMILES string of the molecule is CC(O)c1cc([N+](=O)[O-])c(Oc2ccccc2CO)s1. The lowest BCUT2D eigenvalue weighted by Gasteiger charge is -2.07. The van der Waals surface area contributed by atoms with E-state index in [0.717, 1.165) is 11.3 Å². The Labute approximate surface area is 119 Å². The molecule has 106 valence electrons. The number of nitro groups is 1. The lowest BCUT2D eigenvalue weighted by atomic mass is 10.2. The molecular formula is C13H13NO5S. The number of thiophene rings is 1. The van der Waals surface area contributed by atoms with Gasteiger partial charge in [-0.3, -0.25) is 10.1 Å². The fourth-order valence-corrected chi connectivity index (χ4v) is 2.55. The van der Waals surface area contributed by atoms with Crippen LogP contribution in [-0.2, 0) is 6.61 Å². The van der Waals surface area contributed by atoms with Crippen LogP contribution in [0.4, 0.5) is 5.69 Å². The minimum Gasteiger partial charge on any atom is -0.440 e. The third-order valence-electron chi connectivity index (χ3n) is 2.65. The van der Waals surface area contributed by atoms with Crippen LogP contribution in [-0.4, -0.2) is 15.1 Å². The minimum absolute atomic E-state index is 0.0896. The predicted molar refractivity (Wildman–Crippen MR) is 74.0 cm³/mol. The van der Waals surface area contributed by atoms with Crippen LogP contribution < -0.4 is 4.74 Å². The average molecular weight is 295 g/mol. The molecule has 0 amide bonds. The summed E-state index contributed by atoms with van der Waals surface area (Å²) in [6, 6.07) is 8.04. The highest BCUT2D eigenvalue weighted by molar-refractivity contribution is 7.14. The van der Waals surface area contributed by atoms with E-state index in [1.165, 1.54) is 13.0 Å². The summed E-state index contributed by atoms with van der Waals surface area (Å²) < 4.78 is 5.53. The minimum atomic E-state index is -0.802. The molecule has 0 saturated heterocycles. The molecule has 2 aromatic rings. The van der Waals surface area contributed by atoms with Crippen LogP contribution in [0.3, 0.4) is 0 Å². The van der Waals surface area contributed by atoms with Crippen LogP contribution in [0.2, 0.25) is 0 Å². The molecule has 1 atom stereocenters. The number of benzene rings is 1. The Hall–Kier alpha value is -1.96. The zero-order valence-electron chi connectivity index (χ0n) is 10.6. The van der Waals surface area contributed by atoms with Gasteiger partial charge < -0.3 is 14.9 Å². The van der Waals surface area contributed by atoms with Gasteiger partial charge in [-0.15, -0.1) is 0 Å². The van der Waals surface area contributed by atoms with Crippen molar-refractivity contribution in [1.82, 2.24) is 0 Å². The van der Waals surface area contributed by atoms with Gasteiger partial charge in [0, 0.05) is 16.5 Å². The molecule has 6 nitrogen and oxygen atoms in total. The second-order valence-corrected chi connectivity index (χ2v) is 5.17. The lowest BCUT2D eigenvalue weighted by molar-refractivity contribution is -0.385. The first-order valence-corrected chi connectivity index (χ1v) is 6.67. The van der Waals surface area contributed by atoms with Gasteiger partial charge >= 0.3 is 5.69 Å². The largest absolute Gasteiger partial charge is 0.440 e. The zero-order valence-corrected chi connectivity index (χ0v) is 11.5. The van der Waals surface area contributed by atoms with E-state index in [2.05, 4.69) is 0 Å². The number of ether oxygens (including phenoxy) is 1. The Balaban J connectivity index is 2.39. The van der Waals surface area contributed by atoms with Crippen LogP contribution in [0.5, 0.6) is 10.8 Å². The maximum atomic E-state index is 11.0. The lowest BCUT2D eigenvalue weighted by Crippen LogP contribution is -1.92. The molecule has 2 rings (SSSR count). The normalized spacial score (nSPS) is 12.2. The number of hydrogen-bond acceptors (Lipinski definition) is 6. The second-order valence-electron chi connectivity index (χ2n) is 4.12. The van der Waals surface area contributed by atoms with E-state index in [9.17, 15) is 20.3 Å². The molecule has 0 spiro atoms. The van der Waals surface area contributed by atoms with E-state index < -0.39 is 11.0 Å². The number of hydrogen-bond donors (Lipinski definition) is 2. The van der Waals surface area contributed by atoms with Gasteiger partial charge in [0.1, 0.15) is 5.75 Å². The summed E-state index contributed by atoms with van der Waals surface area (Å²) in [7, 11) is 0. The molecule has 0 aliphatic carbocycles. The molecule has 7 heteroatoms. The molecule has 2 N–H and O–H groups in total. The standard InChI is InChI=1S/C13H13NO5S/c1-8(16)12-6-10(14(17)18)13(20-12)19-11-5-3-2-4-9(11)7-15/h2-6,8,15-16H,7H2,1H3. The summed E-state index contributed by atoms with van der Waals surface area (Å²) in [5.74, 6) is 0.358. The second kappa shape index (κ2) is 6.00. The van der Waals surface area contributed by atoms with Gasteiger partial charge in [-0.05, 0) is 13.0 Å². The molecule has 0 aliphatic heterocycles. The number of para-hydroxylation sites is 1. The fourth-order valence-electron chi connectivity index (χ4n) is 1.62. The van der Waals surface area contributed by atoms with E-state index in [1.807, 2.05) is 0 Å². The Kier molecular flexibility index (Phi) is 4.33. The van der Waals surface area contributed by atoms with Crippen molar-refractivity contribution in [3.05, 3.63) is 50.9 Å². The van der Waals surface area contributed by atoms with E-state index >= 15 is 0 Å². The van der Waals surface area contributed by atoms with Crippen molar-refractivity contribution >= 4 is 17.0 Å². The first-order valence-electron chi connectivity index (χ1n) is 5.85. The summed E-state index contributed by atoms with van der Waals surface area (Å²) in [6.07, 6.45) is -0.802. The van der Waals surface area contributed by atoms with Crippen molar-refractivity contribution in [2.24, 2.45) is 0 Å². The molecule has 0 radical (unpaired) electrons. The Morgan fingerprint density at radius 2 is 2.15 bits per heavy atom. The first-order chi connectivity index (χ1) is 9.52. The number of aliphatic hydroxyl groups is 2. The average Bonchev–Trinajstić information content (AvgIpc) is 2.84. The summed E-state index contributed by atoms with van der Waals surface area (Å²) >= 11 is 1.01. The Morgan fingerprint density at radius 3 is 2.75 bits per heavy atom. The fraction of sp³-hybridized carbons (Fsp3) is 0.231. The van der Waals surface area contributed by atoms with Crippen LogP contribution >= 0.6 is 11.3 Å². The van der Waals surface area contributed by atoms with Crippen molar-refractivity contribution in [2.75, 3.05) is 0 Å². The number of rotatable bonds is 5. The number of aliphatic hydroxyl groups excluding tert-OH is 2. The van der Waals surface area contributed by atoms with Gasteiger partial charge in [0.15, 0.2) is 0 Å². The predicted octanol–water partition coefficient (Wildman–Crippen LogP) is 2.99.